The van der Waals surface area contributed by atoms with Crippen molar-refractivity contribution in [1.29, 1.82) is 0 Å². The van der Waals surface area contributed by atoms with Gasteiger partial charge in [-0.15, -0.1) is 0 Å². The molecule has 0 radical (unpaired) electrons. The summed E-state index contributed by atoms with van der Waals surface area (Å²) < 4.78 is 11.3. The first kappa shape index (κ1) is 16.3. The van der Waals surface area contributed by atoms with E-state index in [0.29, 0.717) is 30.1 Å². The number of nitrogens with zero attached hydrogens (tertiary/aromatic N) is 2. The minimum Gasteiger partial charge on any atom is -0.469 e. The zero-order chi connectivity index (χ0) is 16.3. The number of pyridine rings is 1. The quantitative estimate of drug-likeness (QED) is 0.787. The topological polar surface area (TPSA) is 74.3 Å². The van der Waals surface area contributed by atoms with Crippen molar-refractivity contribution in [1.82, 2.24) is 9.55 Å². The van der Waals surface area contributed by atoms with E-state index in [1.807, 2.05) is 0 Å². The Morgan fingerprint density at radius 2 is 2.18 bits per heavy atom. The van der Waals surface area contributed by atoms with Crippen LogP contribution in [-0.4, -0.2) is 22.6 Å². The largest absolute Gasteiger partial charge is 0.469 e. The Kier molecular flexibility index (Phi) is 5.03. The van der Waals surface area contributed by atoms with Crippen molar-refractivity contribution in [2.45, 2.75) is 33.2 Å². The van der Waals surface area contributed by atoms with E-state index in [2.05, 4.69) is 9.72 Å². The number of carbonyl (C=O) groups is 1. The molecule has 0 saturated carbocycles. The van der Waals surface area contributed by atoms with E-state index in [0.717, 1.165) is 5.56 Å². The summed E-state index contributed by atoms with van der Waals surface area (Å²) in [6, 6.07) is 1.80. The lowest BCUT2D eigenvalue weighted by atomic mass is 10.1. The van der Waals surface area contributed by atoms with Gasteiger partial charge < -0.3 is 13.7 Å². The number of esters is 1. The molecule has 0 aromatic carbocycles. The molecule has 0 fully saturated rings. The average molecular weight is 325 g/mol. The van der Waals surface area contributed by atoms with Crippen LogP contribution in [0, 0.1) is 13.8 Å². The maximum atomic E-state index is 12.4. The van der Waals surface area contributed by atoms with E-state index in [1.165, 1.54) is 11.7 Å². The van der Waals surface area contributed by atoms with Crippen LogP contribution in [0.15, 0.2) is 21.5 Å². The summed E-state index contributed by atoms with van der Waals surface area (Å²) in [6.45, 7) is 3.91. The lowest BCUT2D eigenvalue weighted by Gasteiger charge is -2.09. The first-order valence-electron chi connectivity index (χ1n) is 6.80. The number of carbonyl (C=O) groups excluding carboxylic acids is 1. The van der Waals surface area contributed by atoms with Crippen LogP contribution in [0.4, 0.5) is 0 Å². The number of ether oxygens (including phenoxy) is 1. The molecule has 0 spiro atoms. The molecule has 0 bridgehead atoms. The van der Waals surface area contributed by atoms with Crippen molar-refractivity contribution in [3.63, 3.8) is 0 Å². The number of methoxy groups -OCH3 is 1. The Morgan fingerprint density at radius 1 is 1.45 bits per heavy atom. The Hall–Kier alpha value is -2.08. The van der Waals surface area contributed by atoms with Gasteiger partial charge in [0, 0.05) is 31.6 Å². The summed E-state index contributed by atoms with van der Waals surface area (Å²) in [7, 11) is 1.30. The number of hydrogen-bond acceptors (Lipinski definition) is 5. The second-order valence-electron chi connectivity index (χ2n) is 4.93. The standard InChI is InChI=1S/C15H17ClN2O4/c1-9-4-6-18(15(20)11(9)8-13(19)21-3)7-5-12-14(16)22-10(2)17-12/h4,6H,5,7-8H2,1-3H3. The molecule has 6 nitrogen and oxygen atoms in total. The van der Waals surface area contributed by atoms with E-state index in [1.54, 1.807) is 26.1 Å². The van der Waals surface area contributed by atoms with Gasteiger partial charge in [0.15, 0.2) is 5.89 Å². The van der Waals surface area contributed by atoms with Crippen LogP contribution in [0.5, 0.6) is 0 Å². The molecule has 7 heteroatoms. The van der Waals surface area contributed by atoms with Gasteiger partial charge in [0.05, 0.1) is 13.5 Å². The van der Waals surface area contributed by atoms with Gasteiger partial charge in [-0.05, 0) is 30.2 Å². The third-order valence-corrected chi connectivity index (χ3v) is 3.69. The number of rotatable bonds is 5. The average Bonchev–Trinajstić information content (AvgIpc) is 2.80. The smallest absolute Gasteiger partial charge is 0.310 e. The first-order chi connectivity index (χ1) is 10.4. The number of halogens is 1. The van der Waals surface area contributed by atoms with Crippen molar-refractivity contribution in [3.8, 4) is 0 Å². The molecule has 2 aromatic heterocycles. The molecule has 0 saturated heterocycles. The highest BCUT2D eigenvalue weighted by molar-refractivity contribution is 6.29. The molecule has 0 N–H and O–H groups in total. The third kappa shape index (κ3) is 3.57. The number of aromatic nitrogens is 2. The van der Waals surface area contributed by atoms with Crippen LogP contribution in [0.2, 0.25) is 5.22 Å². The van der Waals surface area contributed by atoms with Gasteiger partial charge in [0.25, 0.3) is 5.56 Å². The summed E-state index contributed by atoms with van der Waals surface area (Å²) in [5, 5.41) is 0.243. The van der Waals surface area contributed by atoms with Crippen molar-refractivity contribution in [2.75, 3.05) is 7.11 Å². The summed E-state index contributed by atoms with van der Waals surface area (Å²) in [6.07, 6.45) is 2.13. The maximum absolute atomic E-state index is 12.4. The Morgan fingerprint density at radius 3 is 2.77 bits per heavy atom. The summed E-state index contributed by atoms with van der Waals surface area (Å²) in [4.78, 5) is 28.0. The highest BCUT2D eigenvalue weighted by atomic mass is 35.5. The zero-order valence-electron chi connectivity index (χ0n) is 12.7. The van der Waals surface area contributed by atoms with E-state index in [9.17, 15) is 9.59 Å². The van der Waals surface area contributed by atoms with Crippen molar-refractivity contribution >= 4 is 17.6 Å². The van der Waals surface area contributed by atoms with Crippen LogP contribution >= 0.6 is 11.6 Å². The van der Waals surface area contributed by atoms with Gasteiger partial charge in [-0.2, -0.15) is 0 Å². The minimum absolute atomic E-state index is 0.0359. The number of oxazole rings is 1. The van der Waals surface area contributed by atoms with Crippen molar-refractivity contribution in [2.24, 2.45) is 0 Å². The fourth-order valence-electron chi connectivity index (χ4n) is 2.15. The molecule has 2 heterocycles. The second kappa shape index (κ2) is 6.79. The van der Waals surface area contributed by atoms with Crippen molar-refractivity contribution in [3.05, 3.63) is 50.5 Å². The molecule has 0 amide bonds. The van der Waals surface area contributed by atoms with Crippen LogP contribution < -0.4 is 5.56 Å². The highest BCUT2D eigenvalue weighted by Crippen LogP contribution is 2.17. The van der Waals surface area contributed by atoms with Gasteiger partial charge in [0.1, 0.15) is 5.69 Å². The van der Waals surface area contributed by atoms with Gasteiger partial charge in [-0.25, -0.2) is 4.98 Å². The normalized spacial score (nSPS) is 10.7. The molecule has 22 heavy (non-hydrogen) atoms. The van der Waals surface area contributed by atoms with E-state index in [4.69, 9.17) is 16.0 Å². The molecular weight excluding hydrogens is 308 g/mol. The van der Waals surface area contributed by atoms with Crippen LogP contribution in [-0.2, 0) is 28.9 Å². The molecule has 0 atom stereocenters. The third-order valence-electron chi connectivity index (χ3n) is 3.39. The fourth-order valence-corrected chi connectivity index (χ4v) is 2.39. The monoisotopic (exact) mass is 324 g/mol. The molecule has 2 rings (SSSR count). The SMILES string of the molecule is COC(=O)Cc1c(C)ccn(CCc2nc(C)oc2Cl)c1=O. The molecule has 0 aliphatic heterocycles. The number of aryl methyl sites for hydroxylation is 4. The molecule has 118 valence electrons. The second-order valence-corrected chi connectivity index (χ2v) is 5.28. The van der Waals surface area contributed by atoms with Gasteiger partial charge >= 0.3 is 5.97 Å². The predicted octanol–water partition coefficient (Wildman–Crippen LogP) is 2.06. The summed E-state index contributed by atoms with van der Waals surface area (Å²) in [5.74, 6) is 0.0516. The van der Waals surface area contributed by atoms with Gasteiger partial charge in [0.2, 0.25) is 5.22 Å². The van der Waals surface area contributed by atoms with Crippen LogP contribution in [0.3, 0.4) is 0 Å². The Balaban J connectivity index is 2.21. The minimum atomic E-state index is -0.437. The van der Waals surface area contributed by atoms with Crippen molar-refractivity contribution < 1.29 is 13.9 Å². The number of hydrogen-bond donors (Lipinski definition) is 0. The Labute approximate surface area is 132 Å². The first-order valence-corrected chi connectivity index (χ1v) is 7.17. The van der Waals surface area contributed by atoms with E-state index >= 15 is 0 Å². The maximum Gasteiger partial charge on any atom is 0.310 e. The van der Waals surface area contributed by atoms with E-state index in [-0.39, 0.29) is 17.2 Å². The lowest BCUT2D eigenvalue weighted by Crippen LogP contribution is -2.27. The highest BCUT2D eigenvalue weighted by Gasteiger charge is 2.13. The van der Waals surface area contributed by atoms with Crippen LogP contribution in [0.1, 0.15) is 22.7 Å². The molecule has 0 unspecified atom stereocenters. The summed E-state index contributed by atoms with van der Waals surface area (Å²) >= 11 is 5.92. The molecule has 0 aliphatic rings. The Bertz CT molecular complexity index is 748. The van der Waals surface area contributed by atoms with Crippen LogP contribution in [0.25, 0.3) is 0 Å². The van der Waals surface area contributed by atoms with Gasteiger partial charge in [-0.1, -0.05) is 0 Å². The predicted molar refractivity (Wildman–Crippen MR) is 81.1 cm³/mol. The fraction of sp³-hybridized carbons (Fsp3) is 0.400. The lowest BCUT2D eigenvalue weighted by molar-refractivity contribution is -0.139. The molecular formula is C15H17ClN2O4. The van der Waals surface area contributed by atoms with E-state index < -0.39 is 5.97 Å². The summed E-state index contributed by atoms with van der Waals surface area (Å²) in [5.41, 5.74) is 1.61. The molecule has 0 aliphatic carbocycles. The van der Waals surface area contributed by atoms with Gasteiger partial charge in [-0.3, -0.25) is 9.59 Å². The zero-order valence-corrected chi connectivity index (χ0v) is 13.4. The molecule has 2 aromatic rings.